The quantitative estimate of drug-likeness (QED) is 0.202. The lowest BCUT2D eigenvalue weighted by Gasteiger charge is -2.61. The number of amides is 4. The minimum absolute atomic E-state index is 0.160. The van der Waals surface area contributed by atoms with Gasteiger partial charge in [-0.2, -0.15) is 0 Å². The monoisotopic (exact) mass is 760 g/mol. The molecule has 0 radical (unpaired) electrons. The number of carbonyl (C=O) groups is 5. The molecule has 2 unspecified atom stereocenters. The molecule has 5 fully saturated rings. The van der Waals surface area contributed by atoms with Gasteiger partial charge in [-0.1, -0.05) is 62.4 Å². The summed E-state index contributed by atoms with van der Waals surface area (Å²) in [6.07, 6.45) is 13.3. The number of ether oxygens (including phenoxy) is 2. The number of aryl methyl sites for hydroxylation is 1. The van der Waals surface area contributed by atoms with Crippen LogP contribution in [0.3, 0.4) is 0 Å². The molecule has 4 amide bonds. The van der Waals surface area contributed by atoms with E-state index in [-0.39, 0.29) is 48.3 Å². The number of nitrogens with one attached hydrogen (secondary N) is 4. The van der Waals surface area contributed by atoms with Crippen LogP contribution in [0.4, 0.5) is 4.79 Å². The van der Waals surface area contributed by atoms with Crippen LogP contribution >= 0.6 is 0 Å². The van der Waals surface area contributed by atoms with Crippen LogP contribution in [0.2, 0.25) is 0 Å². The molecule has 5 saturated carbocycles. The van der Waals surface area contributed by atoms with Gasteiger partial charge in [0, 0.05) is 37.3 Å². The van der Waals surface area contributed by atoms with Gasteiger partial charge in [0.2, 0.25) is 17.7 Å². The number of aromatic nitrogens is 2. The molecule has 2 aromatic rings. The number of imidazole rings is 1. The van der Waals surface area contributed by atoms with Gasteiger partial charge in [-0.25, -0.2) is 14.6 Å². The number of methoxy groups -OCH3 is 1. The molecule has 300 valence electrons. The maximum absolute atomic E-state index is 14.7. The van der Waals surface area contributed by atoms with Crippen LogP contribution in [0.25, 0.3) is 0 Å². The molecule has 7 rings (SSSR count). The van der Waals surface area contributed by atoms with Gasteiger partial charge in [0.05, 0.1) is 18.9 Å². The molecule has 4 N–H and O–H groups in total. The molecule has 5 aliphatic carbocycles. The second-order valence-corrected chi connectivity index (χ2v) is 17.9. The molecule has 13 heteroatoms. The summed E-state index contributed by atoms with van der Waals surface area (Å²) >= 11 is 0. The Morgan fingerprint density at radius 2 is 1.56 bits per heavy atom. The van der Waals surface area contributed by atoms with Crippen molar-refractivity contribution in [2.75, 3.05) is 7.11 Å². The average molecular weight is 761 g/mol. The van der Waals surface area contributed by atoms with Crippen molar-refractivity contribution in [1.82, 2.24) is 30.8 Å². The number of carbonyl (C=O) groups excluding carboxylic acids is 5. The van der Waals surface area contributed by atoms with Crippen LogP contribution in [0, 0.1) is 23.2 Å². The summed E-state index contributed by atoms with van der Waals surface area (Å²) in [7, 11) is 3.15. The first kappa shape index (κ1) is 40.2. The zero-order valence-electron chi connectivity index (χ0n) is 33.2. The van der Waals surface area contributed by atoms with Gasteiger partial charge in [0.15, 0.2) is 0 Å². The van der Waals surface area contributed by atoms with Gasteiger partial charge >= 0.3 is 12.1 Å². The third-order valence-electron chi connectivity index (χ3n) is 12.3. The number of hydrogen-bond donors (Lipinski definition) is 4. The number of hydrogen-bond acceptors (Lipinski definition) is 8. The van der Waals surface area contributed by atoms with E-state index in [0.717, 1.165) is 62.6 Å². The first-order chi connectivity index (χ1) is 26.1. The lowest BCUT2D eigenvalue weighted by molar-refractivity contribution is -0.155. The smallest absolute Gasteiger partial charge is 0.408 e. The van der Waals surface area contributed by atoms with Crippen LogP contribution in [0.1, 0.15) is 109 Å². The minimum atomic E-state index is -0.926. The normalized spacial score (nSPS) is 26.3. The molecule has 0 aliphatic heterocycles. The van der Waals surface area contributed by atoms with Gasteiger partial charge in [0.25, 0.3) is 0 Å². The predicted octanol–water partition coefficient (Wildman–Crippen LogP) is 4.67. The topological polar surface area (TPSA) is 170 Å². The van der Waals surface area contributed by atoms with E-state index in [9.17, 15) is 24.0 Å². The van der Waals surface area contributed by atoms with E-state index in [2.05, 4.69) is 26.3 Å². The van der Waals surface area contributed by atoms with E-state index in [4.69, 9.17) is 9.47 Å². The van der Waals surface area contributed by atoms with E-state index in [0.29, 0.717) is 25.7 Å². The average Bonchev–Trinajstić information content (AvgIpc) is 3.53. The number of esters is 1. The van der Waals surface area contributed by atoms with E-state index in [1.165, 1.54) is 7.11 Å². The highest BCUT2D eigenvalue weighted by molar-refractivity contribution is 5.93. The van der Waals surface area contributed by atoms with Crippen LogP contribution in [0.5, 0.6) is 0 Å². The van der Waals surface area contributed by atoms with Gasteiger partial charge < -0.3 is 35.3 Å². The number of alkyl carbamates (subject to hydrolysis) is 1. The molecule has 5 aliphatic rings. The second kappa shape index (κ2) is 16.8. The van der Waals surface area contributed by atoms with E-state index < -0.39 is 46.7 Å². The molecule has 7 atom stereocenters. The molecule has 4 bridgehead atoms. The molecule has 13 nitrogen and oxygen atoms in total. The second-order valence-electron chi connectivity index (χ2n) is 17.9. The summed E-state index contributed by atoms with van der Waals surface area (Å²) in [5.41, 5.74) is -0.477. The van der Waals surface area contributed by atoms with Gasteiger partial charge in [-0.3, -0.25) is 14.4 Å². The molecule has 0 saturated heterocycles. The summed E-state index contributed by atoms with van der Waals surface area (Å²) in [5, 5.41) is 12.3. The maximum atomic E-state index is 14.7. The highest BCUT2D eigenvalue weighted by Gasteiger charge is 2.61. The summed E-state index contributed by atoms with van der Waals surface area (Å²) in [6, 6.07) is 6.82. The Balaban J connectivity index is 1.20. The zero-order valence-corrected chi connectivity index (χ0v) is 33.2. The molecule has 0 spiro atoms. The van der Waals surface area contributed by atoms with Crippen molar-refractivity contribution in [2.45, 2.75) is 140 Å². The van der Waals surface area contributed by atoms with E-state index >= 15 is 0 Å². The Labute approximate surface area is 324 Å². The first-order valence-electron chi connectivity index (χ1n) is 20.1. The summed E-state index contributed by atoms with van der Waals surface area (Å²) in [6.45, 7) is 5.32. The molecule has 1 heterocycles. The van der Waals surface area contributed by atoms with Gasteiger partial charge in [-0.15, -0.1) is 0 Å². The number of benzene rings is 1. The largest absolute Gasteiger partial charge is 0.467 e. The zero-order chi connectivity index (χ0) is 39.4. The SMILES string of the molecule is COC(=O)[C@H](Cc1ccccc1)NC(=O)[C@H](CC1CCCCC1)NC(=O)C12C[C@@H]3C[C@@H](CC(NC(=O)[C@H](Cc4cncn4C)NC(=O)OC(C)(C)C)(C3)C1)C2. The van der Waals surface area contributed by atoms with Crippen molar-refractivity contribution in [1.29, 1.82) is 0 Å². The Kier molecular flexibility index (Phi) is 12.3. The van der Waals surface area contributed by atoms with Crippen molar-refractivity contribution >= 4 is 29.8 Å². The Morgan fingerprint density at radius 1 is 0.873 bits per heavy atom. The molecule has 1 aromatic carbocycles. The summed E-state index contributed by atoms with van der Waals surface area (Å²) in [4.78, 5) is 73.2. The third kappa shape index (κ3) is 10.1. The molecule has 55 heavy (non-hydrogen) atoms. The van der Waals surface area contributed by atoms with Crippen molar-refractivity contribution in [3.8, 4) is 0 Å². The molecular weight excluding hydrogens is 700 g/mol. The van der Waals surface area contributed by atoms with Crippen LogP contribution in [-0.4, -0.2) is 75.7 Å². The van der Waals surface area contributed by atoms with Crippen LogP contribution < -0.4 is 21.3 Å². The standard InChI is InChI=1S/C42H60N6O7/c1-40(2,3)55-39(53)46-33(19-31-24-43-26-48(31)4)36(50)47-42-22-29-16-30(23-42)21-41(20-29,25-42)38(52)45-32(17-27-12-8-6-9-13-27)35(49)44-34(37(51)54-5)18-28-14-10-7-11-15-28/h7,10-11,14-15,24,26-27,29-30,32-34H,6,8-9,12-13,16-23,25H2,1-5H3,(H,44,49)(H,45,52)(H,46,53)(H,47,50)/t29-,30+,32-,33-,34-,41?,42?/m0/s1. The maximum Gasteiger partial charge on any atom is 0.408 e. The fourth-order valence-electron chi connectivity index (χ4n) is 10.2. The Bertz CT molecular complexity index is 1680. The fraction of sp³-hybridized carbons (Fsp3) is 0.667. The molecular formula is C42H60N6O7. The lowest BCUT2D eigenvalue weighted by atomic mass is 9.46. The summed E-state index contributed by atoms with van der Waals surface area (Å²) in [5.74, 6) is -0.653. The third-order valence-corrected chi connectivity index (χ3v) is 12.3. The van der Waals surface area contributed by atoms with Gasteiger partial charge in [-0.05, 0) is 89.0 Å². The van der Waals surface area contributed by atoms with Crippen molar-refractivity contribution < 1.29 is 33.4 Å². The highest BCUT2D eigenvalue weighted by atomic mass is 16.6. The van der Waals surface area contributed by atoms with Gasteiger partial charge in [0.1, 0.15) is 23.7 Å². The lowest BCUT2D eigenvalue weighted by Crippen LogP contribution is -2.68. The van der Waals surface area contributed by atoms with Crippen LogP contribution in [0.15, 0.2) is 42.9 Å². The summed E-state index contributed by atoms with van der Waals surface area (Å²) < 4.78 is 12.4. The highest BCUT2D eigenvalue weighted by Crippen LogP contribution is 2.61. The van der Waals surface area contributed by atoms with Crippen molar-refractivity contribution in [3.05, 3.63) is 54.1 Å². The van der Waals surface area contributed by atoms with E-state index in [1.807, 2.05) is 41.9 Å². The van der Waals surface area contributed by atoms with Crippen molar-refractivity contribution in [2.24, 2.45) is 30.2 Å². The number of nitrogens with zero attached hydrogens (tertiary/aromatic N) is 2. The molecule has 1 aromatic heterocycles. The Morgan fingerprint density at radius 3 is 2.18 bits per heavy atom. The Hall–Kier alpha value is -4.42. The predicted molar refractivity (Wildman–Crippen MR) is 205 cm³/mol. The first-order valence-corrected chi connectivity index (χ1v) is 20.1. The minimum Gasteiger partial charge on any atom is -0.467 e. The van der Waals surface area contributed by atoms with E-state index in [1.54, 1.807) is 33.3 Å². The fourth-order valence-corrected chi connectivity index (χ4v) is 10.2. The van der Waals surface area contributed by atoms with Crippen molar-refractivity contribution in [3.63, 3.8) is 0 Å². The number of rotatable bonds is 14. The van der Waals surface area contributed by atoms with Crippen LogP contribution in [-0.2, 0) is 48.5 Å².